The molecule has 0 bridgehead atoms. The maximum atomic E-state index is 11.0. The van der Waals surface area contributed by atoms with E-state index in [0.717, 1.165) is 0 Å². The van der Waals surface area contributed by atoms with E-state index in [0.29, 0.717) is 11.3 Å². The van der Waals surface area contributed by atoms with Gasteiger partial charge in [0.05, 0.1) is 10.6 Å². The van der Waals surface area contributed by atoms with E-state index in [4.69, 9.17) is 5.11 Å². The van der Waals surface area contributed by atoms with Crippen LogP contribution in [0.15, 0.2) is 42.7 Å². The molecule has 3 aromatic rings. The van der Waals surface area contributed by atoms with Crippen LogP contribution in [0.25, 0.3) is 17.0 Å². The van der Waals surface area contributed by atoms with Gasteiger partial charge in [0, 0.05) is 24.5 Å². The Bertz CT molecular complexity index is 854. The molecule has 0 aliphatic carbocycles. The molecule has 8 heteroatoms. The zero-order chi connectivity index (χ0) is 15.0. The number of benzene rings is 1. The number of rotatable bonds is 3. The number of nitrogens with zero attached hydrogens (tertiary/aromatic N) is 4. The molecule has 0 radical (unpaired) electrons. The highest BCUT2D eigenvalue weighted by Crippen LogP contribution is 2.23. The van der Waals surface area contributed by atoms with Crippen molar-refractivity contribution in [1.82, 2.24) is 14.4 Å². The number of hydrogen-bond donors (Lipinski definition) is 1. The first-order valence-electron chi connectivity index (χ1n) is 5.88. The number of carboxylic acid groups (broad SMARTS) is 1. The molecule has 21 heavy (non-hydrogen) atoms. The van der Waals surface area contributed by atoms with Crippen LogP contribution in [0.2, 0.25) is 0 Å². The summed E-state index contributed by atoms with van der Waals surface area (Å²) >= 11 is 0. The Balaban J connectivity index is 2.15. The summed E-state index contributed by atoms with van der Waals surface area (Å²) in [7, 11) is 0. The predicted molar refractivity (Wildman–Crippen MR) is 72.0 cm³/mol. The van der Waals surface area contributed by atoms with Gasteiger partial charge in [0.2, 0.25) is 5.78 Å². The smallest absolute Gasteiger partial charge is 0.356 e. The lowest BCUT2D eigenvalue weighted by Gasteiger charge is -2.04. The van der Waals surface area contributed by atoms with Gasteiger partial charge in [-0.3, -0.25) is 14.5 Å². The van der Waals surface area contributed by atoms with Crippen molar-refractivity contribution < 1.29 is 14.8 Å². The van der Waals surface area contributed by atoms with Crippen LogP contribution in [0, 0.1) is 10.1 Å². The monoisotopic (exact) mass is 284 g/mol. The predicted octanol–water partition coefficient (Wildman–Crippen LogP) is 2.00. The summed E-state index contributed by atoms with van der Waals surface area (Å²) in [5.74, 6) is -0.890. The molecule has 0 unspecified atom stereocenters. The van der Waals surface area contributed by atoms with E-state index in [2.05, 4.69) is 9.97 Å². The summed E-state index contributed by atoms with van der Waals surface area (Å²) < 4.78 is 1.53. The van der Waals surface area contributed by atoms with Gasteiger partial charge < -0.3 is 5.11 Å². The number of non-ortho nitro benzene ring substituents is 1. The maximum absolute atomic E-state index is 11.0. The summed E-state index contributed by atoms with van der Waals surface area (Å²) in [4.78, 5) is 29.0. The third-order valence-electron chi connectivity index (χ3n) is 2.96. The van der Waals surface area contributed by atoms with Crippen molar-refractivity contribution in [2.75, 3.05) is 0 Å². The fourth-order valence-electron chi connectivity index (χ4n) is 1.99. The molecule has 8 nitrogen and oxygen atoms in total. The molecule has 0 aliphatic heterocycles. The molecule has 104 valence electrons. The van der Waals surface area contributed by atoms with E-state index >= 15 is 0 Å². The number of hydrogen-bond acceptors (Lipinski definition) is 5. The van der Waals surface area contributed by atoms with Gasteiger partial charge in [-0.2, -0.15) is 0 Å². The van der Waals surface area contributed by atoms with Crippen LogP contribution in [0.1, 0.15) is 10.5 Å². The Morgan fingerprint density at radius 2 is 1.95 bits per heavy atom. The summed E-state index contributed by atoms with van der Waals surface area (Å²) in [6, 6.07) is 7.63. The first-order chi connectivity index (χ1) is 10.1. The highest BCUT2D eigenvalue weighted by molar-refractivity contribution is 5.86. The van der Waals surface area contributed by atoms with Crippen LogP contribution < -0.4 is 0 Å². The Hall–Kier alpha value is -3.29. The molecular weight excluding hydrogens is 276 g/mol. The number of imidazole rings is 1. The molecule has 2 heterocycles. The van der Waals surface area contributed by atoms with E-state index in [1.165, 1.54) is 28.9 Å². The fraction of sp³-hybridized carbons (Fsp3) is 0. The minimum atomic E-state index is -1.14. The minimum Gasteiger partial charge on any atom is -0.476 e. The van der Waals surface area contributed by atoms with Crippen molar-refractivity contribution in [3.8, 4) is 11.3 Å². The Kier molecular flexibility index (Phi) is 2.83. The van der Waals surface area contributed by atoms with Gasteiger partial charge in [0.15, 0.2) is 5.69 Å². The van der Waals surface area contributed by atoms with Crippen LogP contribution in [0.3, 0.4) is 0 Å². The van der Waals surface area contributed by atoms with Gasteiger partial charge in [-0.15, -0.1) is 0 Å². The molecule has 1 aromatic carbocycles. The van der Waals surface area contributed by atoms with Gasteiger partial charge in [0.1, 0.15) is 0 Å². The molecule has 0 fully saturated rings. The van der Waals surface area contributed by atoms with Crippen molar-refractivity contribution in [3.63, 3.8) is 0 Å². The lowest BCUT2D eigenvalue weighted by atomic mass is 10.1. The van der Waals surface area contributed by atoms with Gasteiger partial charge in [0.25, 0.3) is 5.69 Å². The topological polar surface area (TPSA) is 111 Å². The second-order valence-corrected chi connectivity index (χ2v) is 4.24. The molecule has 0 aliphatic rings. The standard InChI is InChI=1S/C13H8N4O4/c18-12(19)10-7-16-11(5-6-14-13(16)15-10)8-1-3-9(4-2-8)17(20)21/h1-7H,(H,18,19). The molecule has 0 atom stereocenters. The molecular formula is C13H8N4O4. The van der Waals surface area contributed by atoms with Crippen molar-refractivity contribution in [2.45, 2.75) is 0 Å². The third kappa shape index (κ3) is 2.18. The van der Waals surface area contributed by atoms with E-state index in [1.807, 2.05) is 0 Å². The third-order valence-corrected chi connectivity index (χ3v) is 2.96. The Labute approximate surface area is 117 Å². The number of nitro groups is 1. The summed E-state index contributed by atoms with van der Waals surface area (Å²) in [5, 5.41) is 19.6. The highest BCUT2D eigenvalue weighted by Gasteiger charge is 2.13. The SMILES string of the molecule is O=C(O)c1cn2c(-c3ccc([N+](=O)[O-])cc3)ccnc2n1. The van der Waals surface area contributed by atoms with Gasteiger partial charge in [-0.05, 0) is 23.8 Å². The van der Waals surface area contributed by atoms with E-state index < -0.39 is 10.9 Å². The number of carboxylic acids is 1. The molecule has 1 N–H and O–H groups in total. The quantitative estimate of drug-likeness (QED) is 0.581. The van der Waals surface area contributed by atoms with Crippen LogP contribution in [0.4, 0.5) is 5.69 Å². The average Bonchev–Trinajstić information content (AvgIpc) is 2.91. The molecule has 0 saturated heterocycles. The van der Waals surface area contributed by atoms with Crippen molar-refractivity contribution in [1.29, 1.82) is 0 Å². The zero-order valence-corrected chi connectivity index (χ0v) is 10.5. The number of aromatic nitrogens is 3. The van der Waals surface area contributed by atoms with Crippen molar-refractivity contribution in [3.05, 3.63) is 58.5 Å². The number of fused-ring (bicyclic) bond motifs is 1. The summed E-state index contributed by atoms with van der Waals surface area (Å²) in [5.41, 5.74) is 1.22. The van der Waals surface area contributed by atoms with Gasteiger partial charge >= 0.3 is 5.97 Å². The summed E-state index contributed by atoms with van der Waals surface area (Å²) in [6.45, 7) is 0. The lowest BCUT2D eigenvalue weighted by molar-refractivity contribution is -0.384. The largest absolute Gasteiger partial charge is 0.476 e. The minimum absolute atomic E-state index is 0.0130. The van der Waals surface area contributed by atoms with E-state index in [-0.39, 0.29) is 17.2 Å². The first-order valence-corrected chi connectivity index (χ1v) is 5.88. The molecule has 3 rings (SSSR count). The maximum Gasteiger partial charge on any atom is 0.356 e. The van der Waals surface area contributed by atoms with Crippen LogP contribution >= 0.6 is 0 Å². The lowest BCUT2D eigenvalue weighted by Crippen LogP contribution is -1.95. The fourth-order valence-corrected chi connectivity index (χ4v) is 1.99. The highest BCUT2D eigenvalue weighted by atomic mass is 16.6. The normalized spacial score (nSPS) is 10.7. The van der Waals surface area contributed by atoms with Crippen molar-refractivity contribution >= 4 is 17.4 Å². The van der Waals surface area contributed by atoms with Crippen LogP contribution in [-0.2, 0) is 0 Å². The first kappa shape index (κ1) is 12.7. The van der Waals surface area contributed by atoms with Gasteiger partial charge in [-0.1, -0.05) is 0 Å². The molecule has 0 saturated carbocycles. The number of aromatic carboxylic acids is 1. The van der Waals surface area contributed by atoms with E-state index in [1.54, 1.807) is 18.2 Å². The molecule has 0 spiro atoms. The molecule has 2 aromatic heterocycles. The second kappa shape index (κ2) is 4.67. The number of carbonyl (C=O) groups is 1. The summed E-state index contributed by atoms with van der Waals surface area (Å²) in [6.07, 6.45) is 2.87. The Morgan fingerprint density at radius 3 is 2.57 bits per heavy atom. The van der Waals surface area contributed by atoms with Crippen LogP contribution in [0.5, 0.6) is 0 Å². The van der Waals surface area contributed by atoms with E-state index in [9.17, 15) is 14.9 Å². The second-order valence-electron chi connectivity index (χ2n) is 4.24. The van der Waals surface area contributed by atoms with Crippen molar-refractivity contribution in [2.24, 2.45) is 0 Å². The van der Waals surface area contributed by atoms with Gasteiger partial charge in [-0.25, -0.2) is 14.8 Å². The average molecular weight is 284 g/mol. The Morgan fingerprint density at radius 1 is 1.24 bits per heavy atom. The number of nitro benzene ring substituents is 1. The van der Waals surface area contributed by atoms with Crippen LogP contribution in [-0.4, -0.2) is 30.4 Å². The zero-order valence-electron chi connectivity index (χ0n) is 10.5. The molecule has 0 amide bonds.